The van der Waals surface area contributed by atoms with Crippen molar-refractivity contribution in [1.29, 1.82) is 5.26 Å². The molecule has 216 valence electrons. The summed E-state index contributed by atoms with van der Waals surface area (Å²) in [5, 5.41) is 17.1. The van der Waals surface area contributed by atoms with Crippen LogP contribution in [0, 0.1) is 18.3 Å². The smallest absolute Gasteiger partial charge is 0.269 e. The van der Waals surface area contributed by atoms with Crippen molar-refractivity contribution in [1.82, 2.24) is 19.6 Å². The van der Waals surface area contributed by atoms with E-state index in [2.05, 4.69) is 26.7 Å². The number of aryl methyl sites for hydroxylation is 1. The number of hydrogen-bond acceptors (Lipinski definition) is 8. The SMILES string of the molecule is Cc1ccc(S(=O)(=O)n2cc(C3N=CC(F)=C(N[C@H]4CCCC(C#N)(O[Si](C)(C)C)C4)N3)c3cc(Cl)cnc32)cc1. The number of hydrogen-bond donors (Lipinski definition) is 2. The van der Waals surface area contributed by atoms with E-state index in [9.17, 15) is 13.7 Å². The summed E-state index contributed by atoms with van der Waals surface area (Å²) in [5.74, 6) is -0.471. The summed E-state index contributed by atoms with van der Waals surface area (Å²) < 4.78 is 49.7. The fourth-order valence-corrected chi connectivity index (χ4v) is 8.28. The van der Waals surface area contributed by atoms with Crippen molar-refractivity contribution in [3.63, 3.8) is 0 Å². The van der Waals surface area contributed by atoms with Crippen molar-refractivity contribution in [2.24, 2.45) is 4.99 Å². The zero-order valence-electron chi connectivity index (χ0n) is 23.3. The Morgan fingerprint density at radius 3 is 2.71 bits per heavy atom. The van der Waals surface area contributed by atoms with Crippen molar-refractivity contribution in [2.75, 3.05) is 0 Å². The Balaban J connectivity index is 1.45. The number of aromatic nitrogens is 2. The molecule has 1 aliphatic carbocycles. The molecule has 3 atom stereocenters. The first-order chi connectivity index (χ1) is 19.3. The Labute approximate surface area is 245 Å². The van der Waals surface area contributed by atoms with E-state index >= 15 is 4.39 Å². The standard InChI is InChI=1S/C28H32ClFN6O3SSi/c1-18-7-9-21(10-8-18)40(37,38)36-16-23(22-12-19(29)14-33-27(22)36)25-32-15-24(30)26(35-25)34-20-6-5-11-28(13-20,17-31)39-41(2,3)4/h7-10,12,14-16,20,25,34-35H,5-6,11,13H2,1-4H3/t20-,25?,28?/m0/s1. The van der Waals surface area contributed by atoms with Gasteiger partial charge >= 0.3 is 0 Å². The number of aliphatic imine (C=N–C) groups is 1. The van der Waals surface area contributed by atoms with Crippen LogP contribution in [0.15, 0.2) is 64.3 Å². The maximum Gasteiger partial charge on any atom is 0.269 e. The van der Waals surface area contributed by atoms with Gasteiger partial charge in [0.15, 0.2) is 19.8 Å². The zero-order valence-corrected chi connectivity index (χ0v) is 25.9. The van der Waals surface area contributed by atoms with Gasteiger partial charge in [-0.1, -0.05) is 29.3 Å². The molecule has 1 aliphatic heterocycles. The minimum Gasteiger partial charge on any atom is -0.400 e. The average Bonchev–Trinajstić information content (AvgIpc) is 3.29. The highest BCUT2D eigenvalue weighted by Crippen LogP contribution is 2.36. The predicted octanol–water partition coefficient (Wildman–Crippen LogP) is 5.69. The first kappa shape index (κ1) is 29.3. The van der Waals surface area contributed by atoms with Gasteiger partial charge in [0.2, 0.25) is 0 Å². The molecule has 0 radical (unpaired) electrons. The summed E-state index contributed by atoms with van der Waals surface area (Å²) in [4.78, 5) is 8.74. The molecule has 2 N–H and O–H groups in total. The molecule has 0 spiro atoms. The second-order valence-electron chi connectivity index (χ2n) is 11.5. The van der Waals surface area contributed by atoms with E-state index in [0.717, 1.165) is 28.6 Å². The molecule has 2 aliphatic rings. The van der Waals surface area contributed by atoms with E-state index in [1.807, 2.05) is 26.6 Å². The lowest BCUT2D eigenvalue weighted by Gasteiger charge is -2.40. The highest BCUT2D eigenvalue weighted by atomic mass is 35.5. The number of nitriles is 1. The fourth-order valence-electron chi connectivity index (χ4n) is 5.38. The number of pyridine rings is 1. The Hall–Kier alpha value is -3.24. The Morgan fingerprint density at radius 2 is 2.02 bits per heavy atom. The van der Waals surface area contributed by atoms with Gasteiger partial charge in [0.25, 0.3) is 10.0 Å². The Bertz CT molecular complexity index is 1690. The largest absolute Gasteiger partial charge is 0.400 e. The highest BCUT2D eigenvalue weighted by Gasteiger charge is 2.41. The van der Waals surface area contributed by atoms with Crippen molar-refractivity contribution in [2.45, 2.75) is 75.0 Å². The molecule has 41 heavy (non-hydrogen) atoms. The molecule has 1 aromatic carbocycles. The van der Waals surface area contributed by atoms with Gasteiger partial charge in [-0.15, -0.1) is 0 Å². The molecule has 2 unspecified atom stereocenters. The van der Waals surface area contributed by atoms with Gasteiger partial charge in [0.1, 0.15) is 17.6 Å². The van der Waals surface area contributed by atoms with Crippen molar-refractivity contribution in [3.8, 4) is 6.07 Å². The molecule has 2 aromatic heterocycles. The van der Waals surface area contributed by atoms with Crippen molar-refractivity contribution >= 4 is 47.2 Å². The first-order valence-corrected chi connectivity index (χ1v) is 18.6. The zero-order chi connectivity index (χ0) is 29.6. The van der Waals surface area contributed by atoms with Crippen LogP contribution >= 0.6 is 11.6 Å². The van der Waals surface area contributed by atoms with E-state index < -0.39 is 35.9 Å². The molecule has 3 aromatic rings. The lowest BCUT2D eigenvalue weighted by atomic mass is 9.83. The van der Waals surface area contributed by atoms with E-state index in [0.29, 0.717) is 28.8 Å². The summed E-state index contributed by atoms with van der Waals surface area (Å²) in [7, 11) is -6.00. The van der Waals surface area contributed by atoms with Gasteiger partial charge in [-0.05, 0) is 64.0 Å². The van der Waals surface area contributed by atoms with E-state index in [1.165, 1.54) is 12.4 Å². The van der Waals surface area contributed by atoms with Crippen LogP contribution in [0.1, 0.15) is 43.0 Å². The third-order valence-electron chi connectivity index (χ3n) is 7.10. The molecule has 0 saturated heterocycles. The van der Waals surface area contributed by atoms with Crippen molar-refractivity contribution < 1.29 is 17.2 Å². The Kier molecular flexibility index (Phi) is 7.76. The van der Waals surface area contributed by atoms with Crippen LogP contribution < -0.4 is 10.6 Å². The number of rotatable bonds is 7. The summed E-state index contributed by atoms with van der Waals surface area (Å²) >= 11 is 6.26. The molecule has 5 rings (SSSR count). The summed E-state index contributed by atoms with van der Waals surface area (Å²) in [6.45, 7) is 8.02. The molecule has 9 nitrogen and oxygen atoms in total. The summed E-state index contributed by atoms with van der Waals surface area (Å²) in [5.41, 5.74) is 0.658. The molecule has 0 amide bonds. The topological polar surface area (TPSA) is 121 Å². The number of nitrogens with one attached hydrogen (secondary N) is 2. The normalized spacial score (nSPS) is 23.3. The van der Waals surface area contributed by atoms with E-state index in [1.54, 1.807) is 30.3 Å². The average molecular weight is 615 g/mol. The molecule has 1 fully saturated rings. The molecule has 1 saturated carbocycles. The molecule has 3 heterocycles. The predicted molar refractivity (Wildman–Crippen MR) is 159 cm³/mol. The number of fused-ring (bicyclic) bond motifs is 1. The van der Waals surface area contributed by atoms with Gasteiger partial charge in [0.05, 0.1) is 22.2 Å². The third kappa shape index (κ3) is 6.04. The highest BCUT2D eigenvalue weighted by molar-refractivity contribution is 7.90. The van der Waals surface area contributed by atoms with Crippen LogP contribution in [-0.4, -0.2) is 43.5 Å². The van der Waals surface area contributed by atoms with Gasteiger partial charge in [-0.25, -0.2) is 21.8 Å². The number of nitrogens with zero attached hydrogens (tertiary/aromatic N) is 4. The second-order valence-corrected chi connectivity index (χ2v) is 18.2. The van der Waals surface area contributed by atoms with Crippen molar-refractivity contribution in [3.05, 3.63) is 70.5 Å². The molecular formula is C28H32ClFN6O3SSi. The minimum atomic E-state index is -4.00. The van der Waals surface area contributed by atoms with Crippen LogP contribution in [-0.2, 0) is 14.4 Å². The number of benzene rings is 1. The van der Waals surface area contributed by atoms with Gasteiger partial charge in [-0.2, -0.15) is 5.26 Å². The second kappa shape index (κ2) is 10.9. The lowest BCUT2D eigenvalue weighted by Crippen LogP contribution is -2.50. The molecular weight excluding hydrogens is 583 g/mol. The van der Waals surface area contributed by atoms with Crippen LogP contribution in [0.3, 0.4) is 0 Å². The lowest BCUT2D eigenvalue weighted by molar-refractivity contribution is 0.0634. The summed E-state index contributed by atoms with van der Waals surface area (Å²) in [6, 6.07) is 10.3. The minimum absolute atomic E-state index is 0.107. The Morgan fingerprint density at radius 1 is 1.29 bits per heavy atom. The van der Waals surface area contributed by atoms with Gasteiger partial charge in [0, 0.05) is 35.8 Å². The first-order valence-electron chi connectivity index (χ1n) is 13.4. The van der Waals surface area contributed by atoms with Crippen LogP contribution in [0.2, 0.25) is 24.7 Å². The van der Waals surface area contributed by atoms with Gasteiger partial charge < -0.3 is 15.1 Å². The fraction of sp³-hybridized carbons (Fsp3) is 0.393. The monoisotopic (exact) mass is 614 g/mol. The van der Waals surface area contributed by atoms with E-state index in [4.69, 9.17) is 16.0 Å². The molecule has 13 heteroatoms. The van der Waals surface area contributed by atoms with E-state index in [-0.39, 0.29) is 22.4 Å². The third-order valence-corrected chi connectivity index (χ3v) is 9.98. The van der Waals surface area contributed by atoms with Crippen LogP contribution in [0.5, 0.6) is 0 Å². The number of allylic oxidation sites excluding steroid dienone is 1. The molecule has 0 bridgehead atoms. The maximum absolute atomic E-state index is 15.0. The maximum atomic E-state index is 15.0. The quantitative estimate of drug-likeness (QED) is 0.328. The van der Waals surface area contributed by atoms with Crippen LogP contribution in [0.25, 0.3) is 11.0 Å². The number of halogens is 2. The van der Waals surface area contributed by atoms with Gasteiger partial charge in [-0.3, -0.25) is 4.99 Å². The van der Waals surface area contributed by atoms with Crippen LogP contribution in [0.4, 0.5) is 4.39 Å². The summed E-state index contributed by atoms with van der Waals surface area (Å²) in [6.07, 6.45) is 5.67.